The third-order valence-corrected chi connectivity index (χ3v) is 5.14. The molecule has 0 radical (unpaired) electrons. The number of cyclic esters (lactones) is 1. The minimum Gasteiger partial charge on any atom is -0.458 e. The Morgan fingerprint density at radius 2 is 2.05 bits per heavy atom. The van der Waals surface area contributed by atoms with Gasteiger partial charge in [0.2, 0.25) is 0 Å². The standard InChI is InChI=1S/C18H24O2/c1-3-12(2)14-8-9-15-11-17(13-6-4-5-7-13)20-18(19)16(15)10-14/h8-10,12-13,17H,3-7,11H2,1-2H3. The van der Waals surface area contributed by atoms with Crippen molar-refractivity contribution in [3.8, 4) is 0 Å². The molecular formula is C18H24O2. The molecular weight excluding hydrogens is 248 g/mol. The van der Waals surface area contributed by atoms with E-state index in [-0.39, 0.29) is 12.1 Å². The fourth-order valence-electron chi connectivity index (χ4n) is 3.56. The SMILES string of the molecule is CCC(C)c1ccc2c(c1)C(=O)OC(C1CCCC1)C2. The molecule has 1 aromatic rings. The Kier molecular flexibility index (Phi) is 3.82. The summed E-state index contributed by atoms with van der Waals surface area (Å²) >= 11 is 0. The van der Waals surface area contributed by atoms with E-state index in [0.29, 0.717) is 11.8 Å². The number of rotatable bonds is 3. The van der Waals surface area contributed by atoms with Crippen molar-refractivity contribution >= 4 is 5.97 Å². The van der Waals surface area contributed by atoms with Crippen LogP contribution in [0.3, 0.4) is 0 Å². The second kappa shape index (κ2) is 5.59. The van der Waals surface area contributed by atoms with Crippen molar-refractivity contribution < 1.29 is 9.53 Å². The van der Waals surface area contributed by atoms with Crippen LogP contribution in [0.2, 0.25) is 0 Å². The van der Waals surface area contributed by atoms with Gasteiger partial charge in [-0.25, -0.2) is 4.79 Å². The van der Waals surface area contributed by atoms with Gasteiger partial charge in [-0.1, -0.05) is 38.8 Å². The Morgan fingerprint density at radius 3 is 2.75 bits per heavy atom. The monoisotopic (exact) mass is 272 g/mol. The Balaban J connectivity index is 1.84. The molecule has 1 aliphatic heterocycles. The van der Waals surface area contributed by atoms with Gasteiger partial charge in [-0.05, 0) is 48.3 Å². The van der Waals surface area contributed by atoms with Gasteiger partial charge in [-0.2, -0.15) is 0 Å². The van der Waals surface area contributed by atoms with Gasteiger partial charge >= 0.3 is 5.97 Å². The van der Waals surface area contributed by atoms with Crippen LogP contribution >= 0.6 is 0 Å². The predicted octanol–water partition coefficient (Wildman–Crippen LogP) is 4.47. The summed E-state index contributed by atoms with van der Waals surface area (Å²) in [5.41, 5.74) is 3.24. The molecule has 0 bridgehead atoms. The van der Waals surface area contributed by atoms with Gasteiger partial charge < -0.3 is 4.74 Å². The Labute approximate surface area is 121 Å². The van der Waals surface area contributed by atoms with Crippen LogP contribution in [0, 0.1) is 5.92 Å². The molecule has 2 aliphatic rings. The van der Waals surface area contributed by atoms with Gasteiger partial charge in [-0.3, -0.25) is 0 Å². The first-order valence-corrected chi connectivity index (χ1v) is 8.02. The summed E-state index contributed by atoms with van der Waals surface area (Å²) in [7, 11) is 0. The molecule has 0 amide bonds. The second-order valence-electron chi connectivity index (χ2n) is 6.42. The molecule has 2 unspecified atom stereocenters. The van der Waals surface area contributed by atoms with Crippen LogP contribution in [0.5, 0.6) is 0 Å². The zero-order valence-corrected chi connectivity index (χ0v) is 12.5. The molecule has 0 N–H and O–H groups in total. The lowest BCUT2D eigenvalue weighted by Crippen LogP contribution is -2.33. The molecule has 1 saturated carbocycles. The number of esters is 1. The van der Waals surface area contributed by atoms with E-state index in [0.717, 1.165) is 18.4 Å². The summed E-state index contributed by atoms with van der Waals surface area (Å²) in [6, 6.07) is 6.40. The molecule has 2 atom stereocenters. The quantitative estimate of drug-likeness (QED) is 0.759. The smallest absolute Gasteiger partial charge is 0.338 e. The number of carbonyl (C=O) groups excluding carboxylic acids is 1. The summed E-state index contributed by atoms with van der Waals surface area (Å²) in [5, 5.41) is 0. The highest BCUT2D eigenvalue weighted by Crippen LogP contribution is 2.35. The minimum absolute atomic E-state index is 0.103. The fraction of sp³-hybridized carbons (Fsp3) is 0.611. The maximum absolute atomic E-state index is 12.3. The molecule has 0 saturated heterocycles. The lowest BCUT2D eigenvalue weighted by molar-refractivity contribution is 0.00967. The van der Waals surface area contributed by atoms with Crippen LogP contribution in [0.25, 0.3) is 0 Å². The number of benzene rings is 1. The summed E-state index contributed by atoms with van der Waals surface area (Å²) in [5.74, 6) is 0.982. The number of hydrogen-bond donors (Lipinski definition) is 0. The van der Waals surface area contributed by atoms with Crippen molar-refractivity contribution in [2.75, 3.05) is 0 Å². The molecule has 1 heterocycles. The van der Waals surface area contributed by atoms with E-state index >= 15 is 0 Å². The van der Waals surface area contributed by atoms with E-state index in [1.807, 2.05) is 0 Å². The van der Waals surface area contributed by atoms with Crippen LogP contribution < -0.4 is 0 Å². The van der Waals surface area contributed by atoms with Gasteiger partial charge in [0.25, 0.3) is 0 Å². The molecule has 2 nitrogen and oxygen atoms in total. The topological polar surface area (TPSA) is 26.3 Å². The fourth-order valence-corrected chi connectivity index (χ4v) is 3.56. The van der Waals surface area contributed by atoms with Crippen LogP contribution in [0.15, 0.2) is 18.2 Å². The second-order valence-corrected chi connectivity index (χ2v) is 6.42. The Bertz CT molecular complexity index is 500. The van der Waals surface area contributed by atoms with Crippen molar-refractivity contribution in [3.63, 3.8) is 0 Å². The first-order valence-electron chi connectivity index (χ1n) is 8.02. The van der Waals surface area contributed by atoms with Gasteiger partial charge in [-0.15, -0.1) is 0 Å². The summed E-state index contributed by atoms with van der Waals surface area (Å²) in [6.07, 6.45) is 7.14. The van der Waals surface area contributed by atoms with E-state index < -0.39 is 0 Å². The molecule has 0 aromatic heterocycles. The molecule has 1 aromatic carbocycles. The largest absolute Gasteiger partial charge is 0.458 e. The molecule has 108 valence electrons. The minimum atomic E-state index is -0.103. The predicted molar refractivity (Wildman–Crippen MR) is 80.0 cm³/mol. The normalized spacial score (nSPS) is 24.3. The molecule has 1 fully saturated rings. The third-order valence-electron chi connectivity index (χ3n) is 5.14. The van der Waals surface area contributed by atoms with Crippen molar-refractivity contribution in [1.29, 1.82) is 0 Å². The summed E-state index contributed by atoms with van der Waals surface area (Å²) < 4.78 is 5.73. The van der Waals surface area contributed by atoms with E-state index in [4.69, 9.17) is 4.74 Å². The average Bonchev–Trinajstić information content (AvgIpc) is 3.00. The van der Waals surface area contributed by atoms with Crippen molar-refractivity contribution in [1.82, 2.24) is 0 Å². The zero-order valence-electron chi connectivity index (χ0n) is 12.5. The van der Waals surface area contributed by atoms with E-state index in [1.54, 1.807) is 0 Å². The highest BCUT2D eigenvalue weighted by molar-refractivity contribution is 5.92. The number of hydrogen-bond acceptors (Lipinski definition) is 2. The summed E-state index contributed by atoms with van der Waals surface area (Å²) in [6.45, 7) is 4.38. The van der Waals surface area contributed by atoms with Gasteiger partial charge in [0, 0.05) is 6.42 Å². The van der Waals surface area contributed by atoms with Crippen molar-refractivity contribution in [2.24, 2.45) is 5.92 Å². The number of fused-ring (bicyclic) bond motifs is 1. The number of ether oxygens (including phenoxy) is 1. The first kappa shape index (κ1) is 13.7. The van der Waals surface area contributed by atoms with Crippen LogP contribution in [-0.4, -0.2) is 12.1 Å². The van der Waals surface area contributed by atoms with Crippen LogP contribution in [0.4, 0.5) is 0 Å². The lowest BCUT2D eigenvalue weighted by atomic mass is 9.87. The van der Waals surface area contributed by atoms with Crippen LogP contribution in [0.1, 0.15) is 73.4 Å². The average molecular weight is 272 g/mol. The van der Waals surface area contributed by atoms with Gasteiger partial charge in [0.15, 0.2) is 0 Å². The van der Waals surface area contributed by atoms with E-state index in [1.165, 1.54) is 36.8 Å². The number of carbonyl (C=O) groups is 1. The van der Waals surface area contributed by atoms with Gasteiger partial charge in [0.1, 0.15) is 6.10 Å². The highest BCUT2D eigenvalue weighted by Gasteiger charge is 2.33. The van der Waals surface area contributed by atoms with Gasteiger partial charge in [0.05, 0.1) is 5.56 Å². The van der Waals surface area contributed by atoms with E-state index in [9.17, 15) is 4.79 Å². The van der Waals surface area contributed by atoms with Crippen molar-refractivity contribution in [2.45, 2.75) is 64.4 Å². The molecule has 1 aliphatic carbocycles. The Hall–Kier alpha value is -1.31. The first-order chi connectivity index (χ1) is 9.69. The summed E-state index contributed by atoms with van der Waals surface area (Å²) in [4.78, 5) is 12.3. The zero-order chi connectivity index (χ0) is 14.1. The maximum atomic E-state index is 12.3. The Morgan fingerprint density at radius 1 is 1.30 bits per heavy atom. The lowest BCUT2D eigenvalue weighted by Gasteiger charge is -2.29. The molecule has 3 rings (SSSR count). The van der Waals surface area contributed by atoms with Crippen molar-refractivity contribution in [3.05, 3.63) is 34.9 Å². The molecule has 0 spiro atoms. The van der Waals surface area contributed by atoms with Crippen LogP contribution in [-0.2, 0) is 11.2 Å². The molecule has 2 heteroatoms. The third kappa shape index (κ3) is 2.48. The highest BCUT2D eigenvalue weighted by atomic mass is 16.5. The maximum Gasteiger partial charge on any atom is 0.338 e. The van der Waals surface area contributed by atoms with E-state index in [2.05, 4.69) is 32.0 Å². The molecule has 20 heavy (non-hydrogen) atoms.